The fraction of sp³-hybridized carbons (Fsp3) is 0.263. The maximum atomic E-state index is 10.8. The summed E-state index contributed by atoms with van der Waals surface area (Å²) in [4.78, 5) is 22.0. The number of rotatable bonds is 3. The van der Waals surface area contributed by atoms with E-state index in [4.69, 9.17) is 4.98 Å². The van der Waals surface area contributed by atoms with Crippen LogP contribution < -0.4 is 4.90 Å². The summed E-state index contributed by atoms with van der Waals surface area (Å²) in [5, 5.41) is 10.8. The van der Waals surface area contributed by atoms with Gasteiger partial charge in [-0.3, -0.25) is 15.1 Å². The number of piperidine rings is 1. The molecule has 25 heavy (non-hydrogen) atoms. The zero-order chi connectivity index (χ0) is 17.2. The summed E-state index contributed by atoms with van der Waals surface area (Å²) < 4.78 is 0. The molecule has 126 valence electrons. The van der Waals surface area contributed by atoms with Crippen molar-refractivity contribution < 1.29 is 4.92 Å². The summed E-state index contributed by atoms with van der Waals surface area (Å²) in [5.74, 6) is 0.924. The number of non-ortho nitro benzene ring substituents is 1. The number of aromatic nitrogens is 2. The Kier molecular flexibility index (Phi) is 4.01. The largest absolute Gasteiger partial charge is 0.355 e. The van der Waals surface area contributed by atoms with Gasteiger partial charge in [0.15, 0.2) is 0 Å². The highest BCUT2D eigenvalue weighted by molar-refractivity contribution is 5.82. The third-order valence-electron chi connectivity index (χ3n) is 4.62. The number of fused-ring (bicyclic) bond motifs is 1. The lowest BCUT2D eigenvalue weighted by molar-refractivity contribution is -0.384. The molecule has 0 saturated carbocycles. The number of hydrogen-bond donors (Lipinski definition) is 0. The number of nitro benzene ring substituents is 1. The lowest BCUT2D eigenvalue weighted by Crippen LogP contribution is -2.30. The van der Waals surface area contributed by atoms with Gasteiger partial charge >= 0.3 is 0 Å². The van der Waals surface area contributed by atoms with E-state index in [-0.39, 0.29) is 10.6 Å². The summed E-state index contributed by atoms with van der Waals surface area (Å²) in [7, 11) is 0. The molecule has 0 aliphatic carbocycles. The zero-order valence-corrected chi connectivity index (χ0v) is 13.8. The van der Waals surface area contributed by atoms with Crippen LogP contribution in [0, 0.1) is 10.1 Å². The van der Waals surface area contributed by atoms with Crippen molar-refractivity contribution in [3.63, 3.8) is 0 Å². The number of benzene rings is 2. The minimum atomic E-state index is -0.388. The normalized spacial score (nSPS) is 14.6. The monoisotopic (exact) mass is 334 g/mol. The molecule has 0 bridgehead atoms. The molecule has 0 N–H and O–H groups in total. The van der Waals surface area contributed by atoms with Crippen LogP contribution in [0.3, 0.4) is 0 Å². The van der Waals surface area contributed by atoms with Crippen LogP contribution in [0.25, 0.3) is 22.2 Å². The van der Waals surface area contributed by atoms with Gasteiger partial charge in [-0.25, -0.2) is 4.98 Å². The second-order valence-electron chi connectivity index (χ2n) is 6.28. The van der Waals surface area contributed by atoms with Gasteiger partial charge in [0.1, 0.15) is 5.82 Å². The summed E-state index contributed by atoms with van der Waals surface area (Å²) in [5.41, 5.74) is 3.70. The van der Waals surface area contributed by atoms with Crippen molar-refractivity contribution in [2.75, 3.05) is 18.0 Å². The minimum absolute atomic E-state index is 0.0942. The van der Waals surface area contributed by atoms with Crippen LogP contribution in [-0.4, -0.2) is 28.0 Å². The van der Waals surface area contributed by atoms with Crippen molar-refractivity contribution in [3.8, 4) is 11.1 Å². The standard InChI is InChI=1S/C19H18N4O2/c24-23(25)16-7-4-14(5-8-16)15-6-9-17-18(12-15)21-19(13-20-17)22-10-2-1-3-11-22/h4-9,12-13H,1-3,10-11H2. The molecule has 0 amide bonds. The Morgan fingerprint density at radius 1 is 0.920 bits per heavy atom. The smallest absolute Gasteiger partial charge is 0.269 e. The maximum absolute atomic E-state index is 10.8. The SMILES string of the molecule is O=[N+]([O-])c1ccc(-c2ccc3ncc(N4CCCCC4)nc3c2)cc1. The van der Waals surface area contributed by atoms with Gasteiger partial charge in [0.05, 0.1) is 22.2 Å². The lowest BCUT2D eigenvalue weighted by atomic mass is 10.0. The molecule has 1 aromatic heterocycles. The minimum Gasteiger partial charge on any atom is -0.355 e. The first-order valence-corrected chi connectivity index (χ1v) is 8.47. The molecule has 4 rings (SSSR count). The van der Waals surface area contributed by atoms with Crippen molar-refractivity contribution >= 4 is 22.5 Å². The Labute approximate surface area is 145 Å². The van der Waals surface area contributed by atoms with Crippen LogP contribution in [0.4, 0.5) is 11.5 Å². The predicted octanol–water partition coefficient (Wildman–Crippen LogP) is 4.20. The lowest BCUT2D eigenvalue weighted by Gasteiger charge is -2.27. The Morgan fingerprint density at radius 2 is 1.64 bits per heavy atom. The van der Waals surface area contributed by atoms with Crippen LogP contribution in [0.1, 0.15) is 19.3 Å². The van der Waals surface area contributed by atoms with E-state index in [1.807, 2.05) is 24.4 Å². The van der Waals surface area contributed by atoms with Gasteiger partial charge in [-0.15, -0.1) is 0 Å². The third-order valence-corrected chi connectivity index (χ3v) is 4.62. The number of anilines is 1. The quantitative estimate of drug-likeness (QED) is 0.530. The van der Waals surface area contributed by atoms with Crippen molar-refractivity contribution in [2.24, 2.45) is 0 Å². The van der Waals surface area contributed by atoms with Gasteiger partial charge < -0.3 is 4.90 Å². The summed E-state index contributed by atoms with van der Waals surface area (Å²) in [6.45, 7) is 2.06. The molecule has 2 heterocycles. The zero-order valence-electron chi connectivity index (χ0n) is 13.8. The predicted molar refractivity (Wildman–Crippen MR) is 97.7 cm³/mol. The molecular formula is C19H18N4O2. The molecule has 6 nitrogen and oxygen atoms in total. The summed E-state index contributed by atoms with van der Waals surface area (Å²) in [6, 6.07) is 12.5. The van der Waals surface area contributed by atoms with E-state index in [1.54, 1.807) is 12.1 Å². The van der Waals surface area contributed by atoms with E-state index in [1.165, 1.54) is 31.4 Å². The fourth-order valence-corrected chi connectivity index (χ4v) is 3.23. The molecule has 0 atom stereocenters. The average Bonchev–Trinajstić information content (AvgIpc) is 2.68. The number of hydrogen-bond acceptors (Lipinski definition) is 5. The van der Waals surface area contributed by atoms with Gasteiger partial charge in [-0.2, -0.15) is 0 Å². The Hall–Kier alpha value is -3.02. The molecule has 3 aromatic rings. The van der Waals surface area contributed by atoms with E-state index < -0.39 is 0 Å². The van der Waals surface area contributed by atoms with Crippen molar-refractivity contribution in [1.82, 2.24) is 9.97 Å². The molecule has 6 heteroatoms. The fourth-order valence-electron chi connectivity index (χ4n) is 3.23. The molecular weight excluding hydrogens is 316 g/mol. The highest BCUT2D eigenvalue weighted by Crippen LogP contribution is 2.26. The van der Waals surface area contributed by atoms with E-state index >= 15 is 0 Å². The van der Waals surface area contributed by atoms with Gasteiger partial charge in [0.2, 0.25) is 0 Å². The summed E-state index contributed by atoms with van der Waals surface area (Å²) in [6.07, 6.45) is 5.52. The second kappa shape index (κ2) is 6.47. The van der Waals surface area contributed by atoms with Crippen molar-refractivity contribution in [1.29, 1.82) is 0 Å². The molecule has 0 radical (unpaired) electrons. The molecule has 1 saturated heterocycles. The Morgan fingerprint density at radius 3 is 2.36 bits per heavy atom. The van der Waals surface area contributed by atoms with Crippen LogP contribution in [0.5, 0.6) is 0 Å². The number of nitrogens with zero attached hydrogens (tertiary/aromatic N) is 4. The van der Waals surface area contributed by atoms with E-state index in [0.29, 0.717) is 0 Å². The molecule has 2 aromatic carbocycles. The van der Waals surface area contributed by atoms with E-state index in [0.717, 1.165) is 41.1 Å². The Balaban J connectivity index is 1.69. The first-order chi connectivity index (χ1) is 12.2. The molecule has 1 aliphatic heterocycles. The highest BCUT2D eigenvalue weighted by Gasteiger charge is 2.13. The topological polar surface area (TPSA) is 72.2 Å². The molecule has 0 unspecified atom stereocenters. The highest BCUT2D eigenvalue weighted by atomic mass is 16.6. The second-order valence-corrected chi connectivity index (χ2v) is 6.28. The molecule has 0 spiro atoms. The van der Waals surface area contributed by atoms with Gasteiger partial charge in [-0.1, -0.05) is 6.07 Å². The maximum Gasteiger partial charge on any atom is 0.269 e. The average molecular weight is 334 g/mol. The first-order valence-electron chi connectivity index (χ1n) is 8.47. The van der Waals surface area contributed by atoms with Crippen LogP contribution in [0.15, 0.2) is 48.7 Å². The van der Waals surface area contributed by atoms with Crippen LogP contribution in [0.2, 0.25) is 0 Å². The summed E-state index contributed by atoms with van der Waals surface area (Å²) >= 11 is 0. The van der Waals surface area contributed by atoms with E-state index in [9.17, 15) is 10.1 Å². The van der Waals surface area contributed by atoms with Crippen molar-refractivity contribution in [3.05, 3.63) is 58.8 Å². The van der Waals surface area contributed by atoms with Crippen molar-refractivity contribution in [2.45, 2.75) is 19.3 Å². The van der Waals surface area contributed by atoms with E-state index in [2.05, 4.69) is 9.88 Å². The van der Waals surface area contributed by atoms with Crippen LogP contribution in [-0.2, 0) is 0 Å². The van der Waals surface area contributed by atoms with Crippen LogP contribution >= 0.6 is 0 Å². The molecule has 1 fully saturated rings. The van der Waals surface area contributed by atoms with Gasteiger partial charge in [-0.05, 0) is 54.7 Å². The molecule has 1 aliphatic rings. The number of nitro groups is 1. The van der Waals surface area contributed by atoms with Gasteiger partial charge in [0.25, 0.3) is 5.69 Å². The Bertz CT molecular complexity index is 918. The van der Waals surface area contributed by atoms with Gasteiger partial charge in [0, 0.05) is 25.2 Å². The third kappa shape index (κ3) is 3.15. The first kappa shape index (κ1) is 15.5.